The van der Waals surface area contributed by atoms with E-state index in [1.807, 2.05) is 0 Å². The number of thiocarbonyl (C=S) groups is 2. The second-order valence-corrected chi connectivity index (χ2v) is 0.548. The summed E-state index contributed by atoms with van der Waals surface area (Å²) in [7, 11) is 0. The number of rotatable bonds is 0. The average Bonchev–Trinajstić information content (AvgIpc) is 1.39. The summed E-state index contributed by atoms with van der Waals surface area (Å²) in [5, 5.41) is 16.9. The molecule has 0 heterocycles. The first-order valence-electron chi connectivity index (χ1n) is 0.855. The quantitative estimate of drug-likeness (QED) is 0.500. The van der Waals surface area contributed by atoms with Gasteiger partial charge in [-0.15, -0.1) is 0 Å². The minimum Gasteiger partial charge on any atom is -0.753 e. The van der Waals surface area contributed by atoms with E-state index in [1.54, 1.807) is 0 Å². The fraction of sp³-hybridized carbons (Fsp3) is 0. The van der Waals surface area contributed by atoms with Crippen LogP contribution in [0.1, 0.15) is 0 Å². The summed E-state index contributed by atoms with van der Waals surface area (Å²) in [4.78, 5) is 0. The summed E-state index contributed by atoms with van der Waals surface area (Å²) in [6.07, 6.45) is 0. The number of hydrogen-bond donors (Lipinski definition) is 0. The van der Waals surface area contributed by atoms with Gasteiger partial charge in [0, 0.05) is 0 Å². The topological polar surface area (TPSA) is 44.6 Å². The Morgan fingerprint density at radius 2 is 1.00 bits per heavy atom. The van der Waals surface area contributed by atoms with E-state index in [0.29, 0.717) is 0 Å². The molecule has 0 saturated heterocycles. The van der Waals surface area contributed by atoms with Crippen LogP contribution in [-0.4, -0.2) is 10.3 Å². The average molecular weight is 311 g/mol. The van der Waals surface area contributed by atoms with E-state index in [9.17, 15) is 0 Å². The normalized spacial score (nSPS) is 2.29. The van der Waals surface area contributed by atoms with Crippen LogP contribution < -0.4 is 0 Å². The molecule has 0 radical (unpaired) electrons. The van der Waals surface area contributed by atoms with Crippen molar-refractivity contribution in [3.63, 3.8) is 0 Å². The van der Waals surface area contributed by atoms with Crippen molar-refractivity contribution in [3.8, 4) is 0 Å². The number of hydrogen-bond acceptors (Lipinski definition) is 2. The molecule has 0 atom stereocenters. The Hall–Kier alpha value is 0.288. The second kappa shape index (κ2) is 33.6. The van der Waals surface area contributed by atoms with Gasteiger partial charge in [0.2, 0.25) is 0 Å². The maximum absolute atomic E-state index is 7.13. The second-order valence-electron chi connectivity index (χ2n) is 0.183. The first kappa shape index (κ1) is 15.7. The largest absolute Gasteiger partial charge is 2.00 e. The van der Waals surface area contributed by atoms with E-state index in [0.717, 1.165) is 0 Å². The third kappa shape index (κ3) is 1390. The Balaban J connectivity index is -0.0000000400. The predicted octanol–water partition coefficient (Wildman–Crippen LogP) is 1.31. The van der Waals surface area contributed by atoms with Crippen LogP contribution in [0.15, 0.2) is 0 Å². The van der Waals surface area contributed by atoms with Gasteiger partial charge in [0.05, 0.1) is 0 Å². The van der Waals surface area contributed by atoms with Crippen molar-refractivity contribution in [1.29, 1.82) is 0 Å². The van der Waals surface area contributed by atoms with Crippen molar-refractivity contribution >= 4 is 34.8 Å². The molecular weight excluding hydrogens is 311 g/mol. The Bertz CT molecular complexity index is 67.7. The molecule has 0 unspecified atom stereocenters. The molecule has 0 N–H and O–H groups in total. The first-order chi connectivity index (χ1) is 2.83. The van der Waals surface area contributed by atoms with Crippen molar-refractivity contribution in [3.05, 3.63) is 10.8 Å². The van der Waals surface area contributed by atoms with Gasteiger partial charge < -0.3 is 10.8 Å². The molecule has 0 aliphatic rings. The molecule has 0 spiro atoms. The minimum absolute atomic E-state index is 0. The van der Waals surface area contributed by atoms with Crippen LogP contribution in [0.5, 0.6) is 0 Å². The van der Waals surface area contributed by atoms with Gasteiger partial charge >= 0.3 is 21.1 Å². The standard InChI is InChI=1S/2CNS.Pt/c2*2-1-3;/q2*-1;+2. The molecule has 5 heteroatoms. The molecule has 0 saturated carbocycles. The third-order valence-electron chi connectivity index (χ3n) is 0. The van der Waals surface area contributed by atoms with Crippen molar-refractivity contribution < 1.29 is 21.1 Å². The van der Waals surface area contributed by atoms with E-state index in [-0.39, 0.29) is 21.1 Å². The van der Waals surface area contributed by atoms with Gasteiger partial charge in [-0.2, -0.15) is 10.3 Å². The van der Waals surface area contributed by atoms with E-state index in [2.05, 4.69) is 24.4 Å². The molecule has 40 valence electrons. The van der Waals surface area contributed by atoms with Gasteiger partial charge in [-0.3, -0.25) is 0 Å². The fourth-order valence-electron chi connectivity index (χ4n) is 0. The van der Waals surface area contributed by atoms with Crippen molar-refractivity contribution in [2.75, 3.05) is 0 Å². The predicted molar refractivity (Wildman–Crippen MR) is 31.9 cm³/mol. The SMILES string of the molecule is [N-]=C=S.[N-]=C=S.[Pt+2]. The van der Waals surface area contributed by atoms with Crippen molar-refractivity contribution in [1.82, 2.24) is 0 Å². The summed E-state index contributed by atoms with van der Waals surface area (Å²) < 4.78 is 0. The summed E-state index contributed by atoms with van der Waals surface area (Å²) >= 11 is 7.40. The molecule has 0 rings (SSSR count). The molecule has 0 aliphatic carbocycles. The molecule has 0 aliphatic heterocycles. The van der Waals surface area contributed by atoms with Gasteiger partial charge in [0.15, 0.2) is 0 Å². The monoisotopic (exact) mass is 311 g/mol. The molecular formula is C2N2PtS2. The van der Waals surface area contributed by atoms with Crippen LogP contribution >= 0.6 is 24.4 Å². The van der Waals surface area contributed by atoms with Crippen LogP contribution in [0.25, 0.3) is 10.8 Å². The molecule has 0 fully saturated rings. The van der Waals surface area contributed by atoms with E-state index in [1.165, 1.54) is 10.3 Å². The number of nitrogens with zero attached hydrogens (tertiary/aromatic N) is 2. The summed E-state index contributed by atoms with van der Waals surface area (Å²) in [5.41, 5.74) is 0. The molecule has 0 bridgehead atoms. The van der Waals surface area contributed by atoms with Gasteiger partial charge in [-0.1, -0.05) is 24.4 Å². The third-order valence-corrected chi connectivity index (χ3v) is 0. The fourth-order valence-corrected chi connectivity index (χ4v) is 0. The van der Waals surface area contributed by atoms with Crippen LogP contribution in [0.2, 0.25) is 0 Å². The van der Waals surface area contributed by atoms with E-state index < -0.39 is 0 Å². The van der Waals surface area contributed by atoms with Crippen LogP contribution in [-0.2, 0) is 21.1 Å². The van der Waals surface area contributed by atoms with E-state index >= 15 is 0 Å². The first-order valence-corrected chi connectivity index (χ1v) is 1.67. The van der Waals surface area contributed by atoms with Crippen LogP contribution in [0, 0.1) is 0 Å². The minimum atomic E-state index is 0. The Morgan fingerprint density at radius 3 is 1.00 bits per heavy atom. The van der Waals surface area contributed by atoms with Crippen LogP contribution in [0.3, 0.4) is 0 Å². The summed E-state index contributed by atoms with van der Waals surface area (Å²) in [6.45, 7) is 0. The maximum atomic E-state index is 7.13. The van der Waals surface area contributed by atoms with Crippen molar-refractivity contribution in [2.24, 2.45) is 0 Å². The summed E-state index contributed by atoms with van der Waals surface area (Å²) in [5.74, 6) is 0. The Kier molecular flexibility index (Phi) is 75.2. The van der Waals surface area contributed by atoms with Gasteiger partial charge in [0.1, 0.15) is 0 Å². The Morgan fingerprint density at radius 1 is 1.00 bits per heavy atom. The van der Waals surface area contributed by atoms with Crippen molar-refractivity contribution in [2.45, 2.75) is 0 Å². The van der Waals surface area contributed by atoms with Gasteiger partial charge in [-0.25, -0.2) is 0 Å². The zero-order chi connectivity index (χ0) is 5.41. The van der Waals surface area contributed by atoms with Gasteiger partial charge in [0.25, 0.3) is 0 Å². The molecule has 0 aromatic rings. The smallest absolute Gasteiger partial charge is 0.753 e. The van der Waals surface area contributed by atoms with Crippen LogP contribution in [0.4, 0.5) is 0 Å². The number of isothiocyanates is 2. The Labute approximate surface area is 66.6 Å². The molecule has 2 nitrogen and oxygen atoms in total. The maximum Gasteiger partial charge on any atom is 2.00 e. The molecule has 0 aromatic carbocycles. The van der Waals surface area contributed by atoms with E-state index in [4.69, 9.17) is 10.8 Å². The molecule has 0 aromatic heterocycles. The summed E-state index contributed by atoms with van der Waals surface area (Å²) in [6, 6.07) is 0. The zero-order valence-corrected chi connectivity index (χ0v) is 6.93. The molecule has 0 amide bonds. The molecule has 7 heavy (non-hydrogen) atoms. The zero-order valence-electron chi connectivity index (χ0n) is 3.03. The van der Waals surface area contributed by atoms with Gasteiger partial charge in [-0.05, 0) is 0 Å².